The maximum absolute atomic E-state index is 13.9. The molecule has 4 aromatic rings. The Morgan fingerprint density at radius 3 is 2.49 bits per heavy atom. The number of benzene rings is 2. The van der Waals surface area contributed by atoms with Gasteiger partial charge in [0.1, 0.15) is 35.3 Å². The minimum atomic E-state index is -0.724. The van der Waals surface area contributed by atoms with Crippen LogP contribution in [0.3, 0.4) is 0 Å². The van der Waals surface area contributed by atoms with Gasteiger partial charge in [-0.1, -0.05) is 6.07 Å². The van der Waals surface area contributed by atoms with Gasteiger partial charge in [0.05, 0.1) is 23.7 Å². The van der Waals surface area contributed by atoms with Crippen molar-refractivity contribution in [3.8, 4) is 23.3 Å². The average molecular weight is 474 g/mol. The summed E-state index contributed by atoms with van der Waals surface area (Å²) in [6.45, 7) is 2.87. The van der Waals surface area contributed by atoms with Crippen molar-refractivity contribution in [2.45, 2.75) is 13.5 Å². The third-order valence-corrected chi connectivity index (χ3v) is 5.83. The van der Waals surface area contributed by atoms with E-state index in [1.807, 2.05) is 11.8 Å². The summed E-state index contributed by atoms with van der Waals surface area (Å²) >= 11 is 0. The molecule has 0 aliphatic carbocycles. The molecule has 0 N–H and O–H groups in total. The van der Waals surface area contributed by atoms with E-state index in [2.05, 4.69) is 16.2 Å². The number of rotatable bonds is 6. The zero-order valence-electron chi connectivity index (χ0n) is 18.7. The SMILES string of the molecule is CC1(C#N)CN(c2cc(Oc3ccc(-n4ncn(Cc5c(F)cccc5F)c4=O)cc3)ccn2)C1. The van der Waals surface area contributed by atoms with Crippen LogP contribution < -0.4 is 15.3 Å². The Kier molecular flexibility index (Phi) is 5.53. The molecule has 5 rings (SSSR count). The van der Waals surface area contributed by atoms with Crippen LogP contribution in [0.25, 0.3) is 5.69 Å². The number of nitrogens with zero attached hydrogens (tertiary/aromatic N) is 6. The summed E-state index contributed by atoms with van der Waals surface area (Å²) in [7, 11) is 0. The number of ether oxygens (including phenoxy) is 1. The second kappa shape index (κ2) is 8.68. The van der Waals surface area contributed by atoms with Gasteiger partial charge in [0, 0.05) is 30.9 Å². The predicted octanol–water partition coefficient (Wildman–Crippen LogP) is 3.90. The van der Waals surface area contributed by atoms with Gasteiger partial charge < -0.3 is 9.64 Å². The summed E-state index contributed by atoms with van der Waals surface area (Å²) in [4.78, 5) is 19.1. The number of halogens is 2. The molecule has 0 unspecified atom stereocenters. The Bertz CT molecular complexity index is 1460. The molecular formula is C25H20F2N6O2. The van der Waals surface area contributed by atoms with Crippen molar-refractivity contribution < 1.29 is 13.5 Å². The summed E-state index contributed by atoms with van der Waals surface area (Å²) in [6, 6.07) is 16.1. The zero-order chi connectivity index (χ0) is 24.6. The van der Waals surface area contributed by atoms with E-state index in [-0.39, 0.29) is 17.5 Å². The Morgan fingerprint density at radius 2 is 1.80 bits per heavy atom. The fraction of sp³-hybridized carbons (Fsp3) is 0.200. The van der Waals surface area contributed by atoms with Crippen LogP contribution in [0.5, 0.6) is 11.5 Å². The standard InChI is InChI=1S/C25H20F2N6O2/c1-25(13-28)14-32(15-25)23-11-19(9-10-29-23)35-18-7-5-17(6-8-18)33-24(34)31(16-30-33)12-20-21(26)3-2-4-22(20)27/h2-11,16H,12,14-15H2,1H3. The maximum atomic E-state index is 13.9. The molecule has 1 aliphatic rings. The molecule has 0 spiro atoms. The highest BCUT2D eigenvalue weighted by atomic mass is 19.1. The van der Waals surface area contributed by atoms with E-state index in [0.717, 1.165) is 27.2 Å². The number of hydrogen-bond acceptors (Lipinski definition) is 6. The van der Waals surface area contributed by atoms with Crippen LogP contribution in [0.15, 0.2) is 71.9 Å². The second-order valence-corrected chi connectivity index (χ2v) is 8.63. The lowest BCUT2D eigenvalue weighted by molar-refractivity contribution is 0.334. The highest BCUT2D eigenvalue weighted by Gasteiger charge is 2.39. The van der Waals surface area contributed by atoms with Gasteiger partial charge in [-0.05, 0) is 49.4 Å². The van der Waals surface area contributed by atoms with Gasteiger partial charge in [0.2, 0.25) is 0 Å². The fourth-order valence-corrected chi connectivity index (χ4v) is 3.93. The molecule has 0 amide bonds. The summed E-state index contributed by atoms with van der Waals surface area (Å²) < 4.78 is 36.1. The van der Waals surface area contributed by atoms with Crippen LogP contribution in [0.2, 0.25) is 0 Å². The topological polar surface area (TPSA) is 89.0 Å². The third-order valence-electron chi connectivity index (χ3n) is 5.83. The van der Waals surface area contributed by atoms with E-state index in [1.165, 1.54) is 12.4 Å². The first-order chi connectivity index (χ1) is 16.8. The highest BCUT2D eigenvalue weighted by Crippen LogP contribution is 2.34. The minimum absolute atomic E-state index is 0.204. The number of aromatic nitrogens is 4. The lowest BCUT2D eigenvalue weighted by Crippen LogP contribution is -2.54. The first kappa shape index (κ1) is 22.3. The van der Waals surface area contributed by atoms with Crippen molar-refractivity contribution in [1.82, 2.24) is 19.3 Å². The lowest BCUT2D eigenvalue weighted by Gasteiger charge is -2.44. The highest BCUT2D eigenvalue weighted by molar-refractivity contribution is 5.49. The minimum Gasteiger partial charge on any atom is -0.457 e. The van der Waals surface area contributed by atoms with E-state index in [9.17, 15) is 18.8 Å². The van der Waals surface area contributed by atoms with Crippen LogP contribution in [0, 0.1) is 28.4 Å². The van der Waals surface area contributed by atoms with Gasteiger partial charge in [-0.25, -0.2) is 18.6 Å². The van der Waals surface area contributed by atoms with Crippen molar-refractivity contribution >= 4 is 5.82 Å². The molecular weight excluding hydrogens is 454 g/mol. The second-order valence-electron chi connectivity index (χ2n) is 8.63. The van der Waals surface area contributed by atoms with E-state index < -0.39 is 17.3 Å². The van der Waals surface area contributed by atoms with E-state index in [4.69, 9.17) is 4.74 Å². The largest absolute Gasteiger partial charge is 0.457 e. The first-order valence-electron chi connectivity index (χ1n) is 10.8. The summed E-state index contributed by atoms with van der Waals surface area (Å²) in [5.74, 6) is 0.409. The van der Waals surface area contributed by atoms with Gasteiger partial charge in [0.15, 0.2) is 0 Å². The molecule has 10 heteroatoms. The maximum Gasteiger partial charge on any atom is 0.350 e. The van der Waals surface area contributed by atoms with Crippen molar-refractivity contribution in [3.63, 3.8) is 0 Å². The van der Waals surface area contributed by atoms with Crippen LogP contribution in [-0.2, 0) is 6.54 Å². The van der Waals surface area contributed by atoms with E-state index in [0.29, 0.717) is 30.3 Å². The summed E-state index contributed by atoms with van der Waals surface area (Å²) in [6.07, 6.45) is 2.88. The Morgan fingerprint density at radius 1 is 1.09 bits per heavy atom. The first-order valence-corrected chi connectivity index (χ1v) is 10.8. The molecule has 1 aliphatic heterocycles. The van der Waals surface area contributed by atoms with Crippen molar-refractivity contribution in [3.05, 3.63) is 94.8 Å². The van der Waals surface area contributed by atoms with Gasteiger partial charge in [-0.3, -0.25) is 4.57 Å². The number of nitriles is 1. The van der Waals surface area contributed by atoms with Crippen LogP contribution in [-0.4, -0.2) is 32.4 Å². The normalized spacial score (nSPS) is 14.3. The molecule has 0 atom stereocenters. The lowest BCUT2D eigenvalue weighted by atomic mass is 9.84. The quantitative estimate of drug-likeness (QED) is 0.421. The number of anilines is 1. The molecule has 0 bridgehead atoms. The van der Waals surface area contributed by atoms with Crippen LogP contribution in [0.1, 0.15) is 12.5 Å². The molecule has 176 valence electrons. The zero-order valence-corrected chi connectivity index (χ0v) is 18.7. The average Bonchev–Trinajstić information content (AvgIpc) is 3.20. The fourth-order valence-electron chi connectivity index (χ4n) is 3.93. The van der Waals surface area contributed by atoms with Crippen molar-refractivity contribution in [1.29, 1.82) is 5.26 Å². The molecule has 0 radical (unpaired) electrons. The molecule has 3 heterocycles. The predicted molar refractivity (Wildman–Crippen MR) is 124 cm³/mol. The molecule has 1 fully saturated rings. The van der Waals surface area contributed by atoms with Gasteiger partial charge in [0.25, 0.3) is 0 Å². The molecule has 35 heavy (non-hydrogen) atoms. The molecule has 0 saturated carbocycles. The monoisotopic (exact) mass is 474 g/mol. The summed E-state index contributed by atoms with van der Waals surface area (Å²) in [5.41, 5.74) is -0.617. The molecule has 1 saturated heterocycles. The number of hydrogen-bond donors (Lipinski definition) is 0. The van der Waals surface area contributed by atoms with Crippen molar-refractivity contribution in [2.75, 3.05) is 18.0 Å². The smallest absolute Gasteiger partial charge is 0.350 e. The van der Waals surface area contributed by atoms with E-state index in [1.54, 1.807) is 42.6 Å². The van der Waals surface area contributed by atoms with Crippen LogP contribution >= 0.6 is 0 Å². The Labute approximate surface area is 199 Å². The Hall–Kier alpha value is -4.52. The molecule has 2 aromatic heterocycles. The van der Waals surface area contributed by atoms with Gasteiger partial charge in [-0.2, -0.15) is 15.0 Å². The van der Waals surface area contributed by atoms with Gasteiger partial charge in [-0.15, -0.1) is 0 Å². The molecule has 8 nitrogen and oxygen atoms in total. The van der Waals surface area contributed by atoms with Crippen LogP contribution in [0.4, 0.5) is 14.6 Å². The number of pyridine rings is 1. The van der Waals surface area contributed by atoms with Crippen molar-refractivity contribution in [2.24, 2.45) is 5.41 Å². The Balaban J connectivity index is 1.29. The molecule has 2 aromatic carbocycles. The van der Waals surface area contributed by atoms with E-state index >= 15 is 0 Å². The third kappa shape index (κ3) is 4.36. The van der Waals surface area contributed by atoms with Gasteiger partial charge >= 0.3 is 5.69 Å². The summed E-state index contributed by atoms with van der Waals surface area (Å²) in [5, 5.41) is 13.3.